The molecule has 0 aliphatic heterocycles. The van der Waals surface area contributed by atoms with Crippen LogP contribution in [0, 0.1) is 5.92 Å². The van der Waals surface area contributed by atoms with Gasteiger partial charge >= 0.3 is 11.9 Å². The van der Waals surface area contributed by atoms with E-state index in [1.54, 1.807) is 24.3 Å². The van der Waals surface area contributed by atoms with Crippen LogP contribution in [-0.4, -0.2) is 38.6 Å². The zero-order chi connectivity index (χ0) is 17.9. The largest absolute Gasteiger partial charge is 0.468 e. The number of hydrogen-bond donors (Lipinski definition) is 0. The smallest absolute Gasteiger partial charge is 0.329 e. The van der Waals surface area contributed by atoms with Crippen LogP contribution in [0.1, 0.15) is 32.6 Å². The van der Waals surface area contributed by atoms with Crippen molar-refractivity contribution in [1.82, 2.24) is 0 Å². The average molecular weight is 335 g/mol. The van der Waals surface area contributed by atoms with Gasteiger partial charge in [0.1, 0.15) is 0 Å². The first-order valence-electron chi connectivity index (χ1n) is 8.08. The van der Waals surface area contributed by atoms with Crippen molar-refractivity contribution in [3.05, 3.63) is 30.3 Å². The van der Waals surface area contributed by atoms with Crippen LogP contribution in [0.5, 0.6) is 0 Å². The lowest BCUT2D eigenvalue weighted by molar-refractivity contribution is -0.161. The van der Waals surface area contributed by atoms with Crippen molar-refractivity contribution in [3.8, 4) is 0 Å². The highest BCUT2D eigenvalue weighted by molar-refractivity contribution is 6.18. The molecule has 0 aromatic heterocycles. The summed E-state index contributed by atoms with van der Waals surface area (Å²) in [6, 6.07) is 8.97. The molecule has 0 spiro atoms. The molecule has 0 atom stereocenters. The van der Waals surface area contributed by atoms with Gasteiger partial charge in [-0.2, -0.15) is 0 Å². The van der Waals surface area contributed by atoms with Gasteiger partial charge in [-0.1, -0.05) is 44.4 Å². The Morgan fingerprint density at radius 3 is 2.04 bits per heavy atom. The summed E-state index contributed by atoms with van der Waals surface area (Å²) in [5, 5.41) is 0. The Hall–Kier alpha value is -2.37. The Morgan fingerprint density at radius 1 is 0.958 bits per heavy atom. The van der Waals surface area contributed by atoms with Gasteiger partial charge in [0.15, 0.2) is 0 Å². The molecule has 6 nitrogen and oxygen atoms in total. The Balaban J connectivity index is 3.04. The van der Waals surface area contributed by atoms with Gasteiger partial charge in [-0.25, -0.2) is 0 Å². The van der Waals surface area contributed by atoms with Crippen LogP contribution in [0.25, 0.3) is 0 Å². The second-order valence-electron chi connectivity index (χ2n) is 5.37. The Bertz CT molecular complexity index is 528. The Labute approximate surface area is 142 Å². The summed E-state index contributed by atoms with van der Waals surface area (Å²) in [5.41, 5.74) is 0.636. The van der Waals surface area contributed by atoms with Gasteiger partial charge in [0.2, 0.25) is 5.92 Å². The molecule has 0 unspecified atom stereocenters. The molecular weight excluding hydrogens is 310 g/mol. The van der Waals surface area contributed by atoms with Crippen LogP contribution in [0.3, 0.4) is 0 Å². The van der Waals surface area contributed by atoms with E-state index in [4.69, 9.17) is 0 Å². The molecule has 1 amide bonds. The third-order valence-corrected chi connectivity index (χ3v) is 3.69. The van der Waals surface area contributed by atoms with E-state index in [1.807, 2.05) is 6.07 Å². The highest BCUT2D eigenvalue weighted by Crippen LogP contribution is 2.19. The molecule has 0 aliphatic carbocycles. The summed E-state index contributed by atoms with van der Waals surface area (Å²) in [6.45, 7) is 2.53. The molecule has 0 heterocycles. The first-order chi connectivity index (χ1) is 11.6. The number of hydrogen-bond acceptors (Lipinski definition) is 5. The molecule has 1 rings (SSSR count). The molecule has 24 heavy (non-hydrogen) atoms. The monoisotopic (exact) mass is 335 g/mol. The fourth-order valence-corrected chi connectivity index (χ4v) is 2.36. The van der Waals surface area contributed by atoms with E-state index < -0.39 is 23.8 Å². The second-order valence-corrected chi connectivity index (χ2v) is 5.37. The van der Waals surface area contributed by atoms with E-state index in [1.165, 1.54) is 4.90 Å². The molecule has 1 aromatic rings. The number of benzene rings is 1. The van der Waals surface area contributed by atoms with Crippen molar-refractivity contribution < 1.29 is 23.9 Å². The van der Waals surface area contributed by atoms with E-state index in [9.17, 15) is 14.4 Å². The number of anilines is 1. The molecular formula is C18H25NO5. The Kier molecular flexibility index (Phi) is 8.54. The lowest BCUT2D eigenvalue weighted by Gasteiger charge is -2.25. The average Bonchev–Trinajstić information content (AvgIpc) is 2.62. The van der Waals surface area contributed by atoms with Gasteiger partial charge in [0.05, 0.1) is 14.2 Å². The topological polar surface area (TPSA) is 72.9 Å². The summed E-state index contributed by atoms with van der Waals surface area (Å²) in [7, 11) is 2.28. The zero-order valence-electron chi connectivity index (χ0n) is 14.5. The Morgan fingerprint density at radius 2 is 1.54 bits per heavy atom. The summed E-state index contributed by atoms with van der Waals surface area (Å²) >= 11 is 0. The standard InChI is InChI=1S/C18H25NO5/c1-4-5-6-10-13-19(14-11-8-7-9-12-14)16(20)15(17(21)23-2)18(22)24-3/h7-9,11-12,15H,4-6,10,13H2,1-3H3. The molecule has 1 aromatic carbocycles. The quantitative estimate of drug-likeness (QED) is 0.394. The minimum atomic E-state index is -1.61. The van der Waals surface area contributed by atoms with Gasteiger partial charge in [-0.05, 0) is 18.6 Å². The van der Waals surface area contributed by atoms with E-state index in [2.05, 4.69) is 16.4 Å². The van der Waals surface area contributed by atoms with Crippen molar-refractivity contribution in [2.45, 2.75) is 32.6 Å². The molecule has 0 saturated carbocycles. The SMILES string of the molecule is CCCCCCN(C(=O)C(C(=O)OC)C(=O)OC)c1ccccc1. The summed E-state index contributed by atoms with van der Waals surface area (Å²) < 4.78 is 9.20. The van der Waals surface area contributed by atoms with Crippen LogP contribution >= 0.6 is 0 Å². The van der Waals surface area contributed by atoms with Gasteiger partial charge in [0.25, 0.3) is 5.91 Å². The number of carbonyl (C=O) groups is 3. The summed E-state index contributed by atoms with van der Waals surface area (Å²) in [6.07, 6.45) is 3.89. The van der Waals surface area contributed by atoms with Gasteiger partial charge in [-0.15, -0.1) is 0 Å². The number of esters is 2. The highest BCUT2D eigenvalue weighted by Gasteiger charge is 2.39. The molecule has 132 valence electrons. The summed E-state index contributed by atoms with van der Waals surface area (Å²) in [4.78, 5) is 38.1. The van der Waals surface area contributed by atoms with Crippen molar-refractivity contribution in [3.63, 3.8) is 0 Å². The third-order valence-electron chi connectivity index (χ3n) is 3.69. The van der Waals surface area contributed by atoms with Crippen molar-refractivity contribution >= 4 is 23.5 Å². The van der Waals surface area contributed by atoms with E-state index >= 15 is 0 Å². The van der Waals surface area contributed by atoms with Crippen LogP contribution in [0.15, 0.2) is 30.3 Å². The minimum absolute atomic E-state index is 0.424. The predicted octanol–water partition coefficient (Wildman–Crippen LogP) is 2.56. The zero-order valence-corrected chi connectivity index (χ0v) is 14.5. The highest BCUT2D eigenvalue weighted by atomic mass is 16.5. The number of ether oxygens (including phenoxy) is 2. The van der Waals surface area contributed by atoms with Gasteiger partial charge in [-0.3, -0.25) is 14.4 Å². The molecule has 0 fully saturated rings. The molecule has 0 radical (unpaired) electrons. The third kappa shape index (κ3) is 5.37. The number of carbonyl (C=O) groups excluding carboxylic acids is 3. The van der Waals surface area contributed by atoms with Crippen LogP contribution in [0.4, 0.5) is 5.69 Å². The fourth-order valence-electron chi connectivity index (χ4n) is 2.36. The fraction of sp³-hybridized carbons (Fsp3) is 0.500. The predicted molar refractivity (Wildman–Crippen MR) is 90.5 cm³/mol. The second kappa shape index (κ2) is 10.4. The molecule has 0 N–H and O–H groups in total. The van der Waals surface area contributed by atoms with Crippen molar-refractivity contribution in [2.24, 2.45) is 5.92 Å². The molecule has 0 aliphatic rings. The molecule has 6 heteroatoms. The number of rotatable bonds is 9. The lowest BCUT2D eigenvalue weighted by Crippen LogP contribution is -2.44. The maximum atomic E-state index is 12.8. The number of unbranched alkanes of at least 4 members (excludes halogenated alkanes) is 3. The lowest BCUT2D eigenvalue weighted by atomic mass is 10.1. The first-order valence-corrected chi connectivity index (χ1v) is 8.08. The number of nitrogens with zero attached hydrogens (tertiary/aromatic N) is 1. The number of amides is 1. The first kappa shape index (κ1) is 19.7. The number of methoxy groups -OCH3 is 2. The molecule has 0 saturated heterocycles. The van der Waals surface area contributed by atoms with Crippen LogP contribution in [0.2, 0.25) is 0 Å². The number of para-hydroxylation sites is 1. The minimum Gasteiger partial charge on any atom is -0.468 e. The maximum Gasteiger partial charge on any atom is 0.329 e. The molecule has 0 bridgehead atoms. The van der Waals surface area contributed by atoms with E-state index in [-0.39, 0.29) is 0 Å². The normalized spacial score (nSPS) is 10.3. The van der Waals surface area contributed by atoms with Crippen LogP contribution < -0.4 is 4.90 Å². The summed E-state index contributed by atoms with van der Waals surface area (Å²) in [5.74, 6) is -4.06. The van der Waals surface area contributed by atoms with Crippen molar-refractivity contribution in [2.75, 3.05) is 25.7 Å². The maximum absolute atomic E-state index is 12.8. The van der Waals surface area contributed by atoms with Gasteiger partial charge in [0, 0.05) is 12.2 Å². The van der Waals surface area contributed by atoms with Crippen molar-refractivity contribution in [1.29, 1.82) is 0 Å². The van der Waals surface area contributed by atoms with Crippen LogP contribution in [-0.2, 0) is 23.9 Å². The van der Waals surface area contributed by atoms with Gasteiger partial charge < -0.3 is 14.4 Å². The van der Waals surface area contributed by atoms with E-state index in [0.717, 1.165) is 39.9 Å². The van der Waals surface area contributed by atoms with E-state index in [0.29, 0.717) is 12.2 Å².